The summed E-state index contributed by atoms with van der Waals surface area (Å²) in [4.78, 5) is 13.6. The number of nitrogens with zero attached hydrogens (tertiary/aromatic N) is 1. The van der Waals surface area contributed by atoms with E-state index in [-0.39, 0.29) is 12.0 Å². The summed E-state index contributed by atoms with van der Waals surface area (Å²) in [5.74, 6) is 0.140. The van der Waals surface area contributed by atoms with Crippen molar-refractivity contribution in [2.45, 2.75) is 25.4 Å². The highest BCUT2D eigenvalue weighted by Gasteiger charge is 2.23. The fourth-order valence-corrected chi connectivity index (χ4v) is 2.52. The Balaban J connectivity index is 1.84. The molecule has 0 aliphatic carbocycles. The Hall–Kier alpha value is -0.870. The topological polar surface area (TPSA) is 40.5 Å². The van der Waals surface area contributed by atoms with Gasteiger partial charge in [0.2, 0.25) is 5.91 Å². The molecule has 0 spiro atoms. The van der Waals surface area contributed by atoms with E-state index in [0.29, 0.717) is 25.9 Å². The number of amides is 1. The van der Waals surface area contributed by atoms with Crippen molar-refractivity contribution in [3.63, 3.8) is 0 Å². The van der Waals surface area contributed by atoms with Crippen molar-refractivity contribution in [1.29, 1.82) is 0 Å². The van der Waals surface area contributed by atoms with E-state index in [2.05, 4.69) is 15.9 Å². The minimum atomic E-state index is -0.329. The van der Waals surface area contributed by atoms with Crippen LogP contribution in [0, 0.1) is 0 Å². The molecule has 17 heavy (non-hydrogen) atoms. The van der Waals surface area contributed by atoms with Crippen LogP contribution >= 0.6 is 15.9 Å². The second kappa shape index (κ2) is 5.65. The van der Waals surface area contributed by atoms with E-state index >= 15 is 0 Å². The lowest BCUT2D eigenvalue weighted by atomic mass is 10.1. The van der Waals surface area contributed by atoms with Gasteiger partial charge in [0.15, 0.2) is 0 Å². The van der Waals surface area contributed by atoms with Gasteiger partial charge in [0.25, 0.3) is 0 Å². The van der Waals surface area contributed by atoms with Gasteiger partial charge in [-0.25, -0.2) is 0 Å². The van der Waals surface area contributed by atoms with Crippen LogP contribution in [0.1, 0.15) is 18.4 Å². The molecule has 1 aromatic rings. The highest BCUT2D eigenvalue weighted by molar-refractivity contribution is 9.10. The van der Waals surface area contributed by atoms with Crippen LogP contribution in [0.25, 0.3) is 0 Å². The zero-order valence-corrected chi connectivity index (χ0v) is 11.2. The quantitative estimate of drug-likeness (QED) is 0.927. The fraction of sp³-hybridized carbons (Fsp3) is 0.462. The average molecular weight is 298 g/mol. The summed E-state index contributed by atoms with van der Waals surface area (Å²) >= 11 is 3.41. The Kier molecular flexibility index (Phi) is 4.18. The Morgan fingerprint density at radius 3 is 3.00 bits per heavy atom. The number of aliphatic hydroxyl groups is 1. The van der Waals surface area contributed by atoms with Crippen LogP contribution in [0.5, 0.6) is 0 Å². The van der Waals surface area contributed by atoms with E-state index in [1.54, 1.807) is 4.90 Å². The van der Waals surface area contributed by atoms with Gasteiger partial charge in [-0.05, 0) is 30.5 Å². The molecule has 0 saturated carbocycles. The molecule has 1 N–H and O–H groups in total. The number of hydrogen-bond acceptors (Lipinski definition) is 2. The van der Waals surface area contributed by atoms with Gasteiger partial charge < -0.3 is 10.0 Å². The first-order valence-electron chi connectivity index (χ1n) is 5.85. The summed E-state index contributed by atoms with van der Waals surface area (Å²) in [5, 5.41) is 9.37. The maximum absolute atomic E-state index is 11.9. The second-order valence-corrected chi connectivity index (χ2v) is 5.33. The third kappa shape index (κ3) is 3.54. The molecular formula is C13H16BrNO2. The van der Waals surface area contributed by atoms with Gasteiger partial charge in [0.05, 0.1) is 6.10 Å². The van der Waals surface area contributed by atoms with Crippen molar-refractivity contribution < 1.29 is 9.90 Å². The lowest BCUT2D eigenvalue weighted by molar-refractivity contribution is -0.130. The Bertz CT molecular complexity index is 408. The van der Waals surface area contributed by atoms with E-state index in [1.165, 1.54) is 0 Å². The summed E-state index contributed by atoms with van der Waals surface area (Å²) < 4.78 is 1.04. The van der Waals surface area contributed by atoms with Crippen LogP contribution in [-0.2, 0) is 11.2 Å². The largest absolute Gasteiger partial charge is 0.391 e. The molecule has 0 radical (unpaired) electrons. The molecule has 1 aliphatic rings. The summed E-state index contributed by atoms with van der Waals surface area (Å²) in [6.07, 6.45) is 1.65. The lowest BCUT2D eigenvalue weighted by Crippen LogP contribution is -2.29. The van der Waals surface area contributed by atoms with E-state index < -0.39 is 0 Å². The Morgan fingerprint density at radius 2 is 2.35 bits per heavy atom. The monoisotopic (exact) mass is 297 g/mol. The van der Waals surface area contributed by atoms with E-state index in [0.717, 1.165) is 16.5 Å². The normalized spacial score (nSPS) is 19.6. The molecule has 1 fully saturated rings. The summed E-state index contributed by atoms with van der Waals surface area (Å²) in [6.45, 7) is 1.19. The molecule has 3 nitrogen and oxygen atoms in total. The number of aryl methyl sites for hydroxylation is 1. The first kappa shape index (κ1) is 12.6. The van der Waals surface area contributed by atoms with E-state index in [1.807, 2.05) is 24.3 Å². The van der Waals surface area contributed by atoms with Crippen molar-refractivity contribution in [1.82, 2.24) is 4.90 Å². The minimum absolute atomic E-state index is 0.140. The molecule has 0 unspecified atom stereocenters. The fourth-order valence-electron chi connectivity index (χ4n) is 2.07. The number of β-amino-alcohol motifs (C(OH)–C–C–N with tert-alkyl or cyclic N) is 1. The molecule has 2 rings (SSSR count). The molecule has 0 aromatic heterocycles. The molecule has 0 bridgehead atoms. The summed E-state index contributed by atoms with van der Waals surface area (Å²) in [6, 6.07) is 8.01. The number of likely N-dealkylation sites (tertiary alicyclic amines) is 1. The summed E-state index contributed by atoms with van der Waals surface area (Å²) in [7, 11) is 0. The molecule has 1 atom stereocenters. The SMILES string of the molecule is O=C(CCc1cccc(Br)c1)N1CC[C@@H](O)C1. The van der Waals surface area contributed by atoms with Crippen LogP contribution in [0.4, 0.5) is 0 Å². The first-order chi connectivity index (χ1) is 8.15. The predicted molar refractivity (Wildman–Crippen MR) is 69.7 cm³/mol. The number of hydrogen-bond donors (Lipinski definition) is 1. The lowest BCUT2D eigenvalue weighted by Gasteiger charge is -2.15. The maximum atomic E-state index is 11.9. The Labute approximate surface area is 110 Å². The van der Waals surface area contributed by atoms with Crippen molar-refractivity contribution in [2.75, 3.05) is 13.1 Å². The van der Waals surface area contributed by atoms with Gasteiger partial charge >= 0.3 is 0 Å². The number of carbonyl (C=O) groups is 1. The first-order valence-corrected chi connectivity index (χ1v) is 6.65. The molecule has 1 heterocycles. The Morgan fingerprint density at radius 1 is 1.53 bits per heavy atom. The van der Waals surface area contributed by atoms with Gasteiger partial charge in [-0.2, -0.15) is 0 Å². The number of rotatable bonds is 3. The van der Waals surface area contributed by atoms with Crippen LogP contribution in [0.15, 0.2) is 28.7 Å². The smallest absolute Gasteiger partial charge is 0.222 e. The standard InChI is InChI=1S/C13H16BrNO2/c14-11-3-1-2-10(8-11)4-5-13(17)15-7-6-12(16)9-15/h1-3,8,12,16H,4-7,9H2/t12-/m1/s1. The number of carbonyl (C=O) groups excluding carboxylic acids is 1. The third-order valence-corrected chi connectivity index (χ3v) is 3.53. The van der Waals surface area contributed by atoms with Crippen LogP contribution in [-0.4, -0.2) is 35.1 Å². The second-order valence-electron chi connectivity index (χ2n) is 4.41. The third-order valence-electron chi connectivity index (χ3n) is 3.03. The molecule has 4 heteroatoms. The average Bonchev–Trinajstić information content (AvgIpc) is 2.73. The summed E-state index contributed by atoms with van der Waals surface area (Å²) in [5.41, 5.74) is 1.16. The number of benzene rings is 1. The highest BCUT2D eigenvalue weighted by Crippen LogP contribution is 2.15. The van der Waals surface area contributed by atoms with Gasteiger partial charge in [-0.15, -0.1) is 0 Å². The number of aliphatic hydroxyl groups excluding tert-OH is 1. The minimum Gasteiger partial charge on any atom is -0.391 e. The van der Waals surface area contributed by atoms with Gasteiger partial charge in [0.1, 0.15) is 0 Å². The maximum Gasteiger partial charge on any atom is 0.222 e. The van der Waals surface area contributed by atoms with E-state index in [9.17, 15) is 9.90 Å². The molecule has 1 aliphatic heterocycles. The molecule has 1 amide bonds. The van der Waals surface area contributed by atoms with Gasteiger partial charge in [-0.3, -0.25) is 4.79 Å². The predicted octanol–water partition coefficient (Wildman–Crippen LogP) is 1.97. The van der Waals surface area contributed by atoms with Crippen molar-refractivity contribution in [3.05, 3.63) is 34.3 Å². The van der Waals surface area contributed by atoms with E-state index in [4.69, 9.17) is 0 Å². The van der Waals surface area contributed by atoms with Crippen molar-refractivity contribution in [3.8, 4) is 0 Å². The van der Waals surface area contributed by atoms with Crippen LogP contribution in [0.2, 0.25) is 0 Å². The zero-order chi connectivity index (χ0) is 12.3. The molecule has 1 saturated heterocycles. The zero-order valence-electron chi connectivity index (χ0n) is 9.60. The highest BCUT2D eigenvalue weighted by atomic mass is 79.9. The molecule has 1 aromatic carbocycles. The van der Waals surface area contributed by atoms with Crippen LogP contribution in [0.3, 0.4) is 0 Å². The molecular weight excluding hydrogens is 282 g/mol. The van der Waals surface area contributed by atoms with Crippen molar-refractivity contribution in [2.24, 2.45) is 0 Å². The molecule has 92 valence electrons. The van der Waals surface area contributed by atoms with Crippen LogP contribution < -0.4 is 0 Å². The van der Waals surface area contributed by atoms with Gasteiger partial charge in [0, 0.05) is 24.0 Å². The number of halogens is 1. The van der Waals surface area contributed by atoms with Crippen molar-refractivity contribution >= 4 is 21.8 Å². The van der Waals surface area contributed by atoms with Gasteiger partial charge in [-0.1, -0.05) is 28.1 Å².